The van der Waals surface area contributed by atoms with E-state index in [0.717, 1.165) is 16.0 Å². The molecule has 2 aliphatic rings. The predicted molar refractivity (Wildman–Crippen MR) is 136 cm³/mol. The van der Waals surface area contributed by atoms with Crippen LogP contribution in [0.4, 0.5) is 4.39 Å². The first-order valence-corrected chi connectivity index (χ1v) is 13.0. The zero-order valence-electron chi connectivity index (χ0n) is 20.4. The summed E-state index contributed by atoms with van der Waals surface area (Å²) >= 11 is 1.41. The van der Waals surface area contributed by atoms with Gasteiger partial charge >= 0.3 is 5.97 Å². The smallest absolute Gasteiger partial charge is 0.330 e. The normalized spacial score (nSPS) is 25.7. The highest BCUT2D eigenvalue weighted by molar-refractivity contribution is 7.10. The summed E-state index contributed by atoms with van der Waals surface area (Å²) in [5, 5.41) is 12.6. The molecule has 3 aromatic rings. The Balaban J connectivity index is 1.81. The molecule has 5 nitrogen and oxygen atoms in total. The molecule has 186 valence electrons. The van der Waals surface area contributed by atoms with Crippen LogP contribution in [0.2, 0.25) is 0 Å². The van der Waals surface area contributed by atoms with Gasteiger partial charge in [0.2, 0.25) is 5.91 Å². The Hall–Kier alpha value is -3.32. The molecular formula is C29H28FNO4S. The van der Waals surface area contributed by atoms with Crippen LogP contribution in [-0.2, 0) is 9.59 Å². The van der Waals surface area contributed by atoms with Gasteiger partial charge in [0.25, 0.3) is 0 Å². The molecule has 0 bridgehead atoms. The molecule has 1 aliphatic carbocycles. The van der Waals surface area contributed by atoms with Crippen LogP contribution in [0.3, 0.4) is 0 Å². The summed E-state index contributed by atoms with van der Waals surface area (Å²) in [7, 11) is 0. The summed E-state index contributed by atoms with van der Waals surface area (Å²) in [4.78, 5) is 43.6. The van der Waals surface area contributed by atoms with E-state index < -0.39 is 35.2 Å². The minimum atomic E-state index is -1.67. The predicted octanol–water partition coefficient (Wildman–Crippen LogP) is 5.92. The first kappa shape index (κ1) is 24.4. The number of thiophene rings is 1. The number of hydrogen-bond acceptors (Lipinski definition) is 4. The van der Waals surface area contributed by atoms with Crippen molar-refractivity contribution in [2.75, 3.05) is 0 Å². The van der Waals surface area contributed by atoms with E-state index in [-0.39, 0.29) is 17.6 Å². The van der Waals surface area contributed by atoms with E-state index in [0.29, 0.717) is 24.0 Å². The summed E-state index contributed by atoms with van der Waals surface area (Å²) < 4.78 is 13.9. The number of carbonyl (C=O) groups is 3. The van der Waals surface area contributed by atoms with Crippen molar-refractivity contribution in [2.24, 2.45) is 11.8 Å². The van der Waals surface area contributed by atoms with Crippen molar-refractivity contribution in [1.82, 2.24) is 4.90 Å². The molecule has 7 heteroatoms. The van der Waals surface area contributed by atoms with Crippen LogP contribution in [0.25, 0.3) is 0 Å². The average Bonchev–Trinajstić information content (AvgIpc) is 3.56. The molecule has 0 spiro atoms. The monoisotopic (exact) mass is 505 g/mol. The number of hydrogen-bond donors (Lipinski definition) is 1. The number of carboxylic acids is 1. The highest BCUT2D eigenvalue weighted by Crippen LogP contribution is 2.59. The summed E-state index contributed by atoms with van der Waals surface area (Å²) in [6, 6.07) is 14.0. The SMILES string of the molecule is Cc1ccccc1C(=O)C1C(c2ccc(F)cc2)N(C(=O)C2CC2)C(C)(C(=O)O)C1c1sccc1C. The molecule has 1 N–H and O–H groups in total. The van der Waals surface area contributed by atoms with Gasteiger partial charge in [0, 0.05) is 22.3 Å². The molecule has 1 aliphatic heterocycles. The Bertz CT molecular complexity index is 1350. The van der Waals surface area contributed by atoms with E-state index in [2.05, 4.69) is 0 Å². The number of nitrogens with zero attached hydrogens (tertiary/aromatic N) is 1. The summed E-state index contributed by atoms with van der Waals surface area (Å²) in [6.07, 6.45) is 1.39. The van der Waals surface area contributed by atoms with Gasteiger partial charge in [-0.2, -0.15) is 0 Å². The second-order valence-electron chi connectivity index (χ2n) is 10.1. The third-order valence-electron chi connectivity index (χ3n) is 7.79. The number of amides is 1. The number of carboxylic acid groups (broad SMARTS) is 1. The fourth-order valence-corrected chi connectivity index (χ4v) is 6.92. The van der Waals surface area contributed by atoms with Crippen LogP contribution < -0.4 is 0 Å². The first-order chi connectivity index (χ1) is 17.2. The van der Waals surface area contributed by atoms with Gasteiger partial charge in [-0.1, -0.05) is 36.4 Å². The van der Waals surface area contributed by atoms with Crippen molar-refractivity contribution in [1.29, 1.82) is 0 Å². The van der Waals surface area contributed by atoms with E-state index >= 15 is 0 Å². The topological polar surface area (TPSA) is 74.7 Å². The van der Waals surface area contributed by atoms with Gasteiger partial charge in [-0.3, -0.25) is 9.59 Å². The second-order valence-corrected chi connectivity index (χ2v) is 11.0. The zero-order chi connectivity index (χ0) is 25.8. The molecule has 1 saturated carbocycles. The van der Waals surface area contributed by atoms with Crippen LogP contribution in [-0.4, -0.2) is 33.2 Å². The standard InChI is InChI=1S/C29H28FNO4S/c1-16-6-4-5-7-21(16)25(32)22-23(26-17(2)14-15-36-26)29(3,28(34)35)31(27(33)19-8-9-19)24(22)18-10-12-20(30)13-11-18/h4-7,10-15,19,22-24H,8-9H2,1-3H3,(H,34,35). The molecule has 1 amide bonds. The number of likely N-dealkylation sites (tertiary alicyclic amines) is 1. The van der Waals surface area contributed by atoms with Gasteiger partial charge in [0.1, 0.15) is 11.4 Å². The molecule has 4 unspecified atom stereocenters. The second kappa shape index (κ2) is 8.96. The lowest BCUT2D eigenvalue weighted by Crippen LogP contribution is -2.54. The number of rotatable bonds is 6. The van der Waals surface area contributed by atoms with Crippen LogP contribution in [0.15, 0.2) is 60.0 Å². The Morgan fingerprint density at radius 1 is 1.00 bits per heavy atom. The van der Waals surface area contributed by atoms with E-state index in [1.807, 2.05) is 37.4 Å². The minimum absolute atomic E-state index is 0.209. The van der Waals surface area contributed by atoms with Crippen molar-refractivity contribution >= 4 is 29.0 Å². The van der Waals surface area contributed by atoms with E-state index in [1.54, 1.807) is 31.2 Å². The van der Waals surface area contributed by atoms with Gasteiger partial charge in [0.15, 0.2) is 5.78 Å². The molecule has 2 fully saturated rings. The highest BCUT2D eigenvalue weighted by atomic mass is 32.1. The fourth-order valence-electron chi connectivity index (χ4n) is 5.72. The molecule has 2 aromatic carbocycles. The van der Waals surface area contributed by atoms with Gasteiger partial charge in [-0.15, -0.1) is 11.3 Å². The molecule has 2 heterocycles. The molecule has 1 aromatic heterocycles. The number of halogens is 1. The van der Waals surface area contributed by atoms with E-state index in [1.165, 1.54) is 28.4 Å². The van der Waals surface area contributed by atoms with Gasteiger partial charge in [-0.25, -0.2) is 9.18 Å². The molecule has 1 saturated heterocycles. The number of ketones is 1. The molecule has 4 atom stereocenters. The number of Topliss-reactive ketones (excluding diaryl/α,β-unsaturated/α-hetero) is 1. The number of aryl methyl sites for hydroxylation is 2. The Labute approximate surface area is 213 Å². The quantitative estimate of drug-likeness (QED) is 0.422. The van der Waals surface area contributed by atoms with E-state index in [4.69, 9.17) is 0 Å². The minimum Gasteiger partial charge on any atom is -0.479 e. The fraction of sp³-hybridized carbons (Fsp3) is 0.345. The molecular weight excluding hydrogens is 477 g/mol. The maximum Gasteiger partial charge on any atom is 0.330 e. The lowest BCUT2D eigenvalue weighted by Gasteiger charge is -2.38. The maximum absolute atomic E-state index is 14.4. The van der Waals surface area contributed by atoms with Crippen LogP contribution >= 0.6 is 11.3 Å². The molecule has 0 radical (unpaired) electrons. The molecule has 5 rings (SSSR count). The first-order valence-electron chi connectivity index (χ1n) is 12.1. The maximum atomic E-state index is 14.4. The Kier molecular flexibility index (Phi) is 6.07. The van der Waals surface area contributed by atoms with Crippen molar-refractivity contribution in [2.45, 2.75) is 51.1 Å². The summed E-state index contributed by atoms with van der Waals surface area (Å²) in [5.41, 5.74) is 1.06. The zero-order valence-corrected chi connectivity index (χ0v) is 21.2. The van der Waals surface area contributed by atoms with Gasteiger partial charge in [-0.05, 0) is 73.9 Å². The van der Waals surface area contributed by atoms with Crippen molar-refractivity contribution < 1.29 is 23.9 Å². The number of aliphatic carboxylic acids is 1. The Morgan fingerprint density at radius 2 is 1.67 bits per heavy atom. The van der Waals surface area contributed by atoms with Crippen molar-refractivity contribution in [3.8, 4) is 0 Å². The summed E-state index contributed by atoms with van der Waals surface area (Å²) in [5.74, 6) is -3.96. The largest absolute Gasteiger partial charge is 0.479 e. The number of benzene rings is 2. The average molecular weight is 506 g/mol. The molecule has 36 heavy (non-hydrogen) atoms. The lowest BCUT2D eigenvalue weighted by atomic mass is 9.73. The van der Waals surface area contributed by atoms with Gasteiger partial charge < -0.3 is 10.0 Å². The van der Waals surface area contributed by atoms with Crippen LogP contribution in [0.1, 0.15) is 63.7 Å². The van der Waals surface area contributed by atoms with Gasteiger partial charge in [0.05, 0.1) is 12.0 Å². The summed E-state index contributed by atoms with van der Waals surface area (Å²) in [6.45, 7) is 5.33. The van der Waals surface area contributed by atoms with E-state index in [9.17, 15) is 23.9 Å². The van der Waals surface area contributed by atoms with Crippen molar-refractivity contribution in [3.63, 3.8) is 0 Å². The van der Waals surface area contributed by atoms with Crippen LogP contribution in [0.5, 0.6) is 0 Å². The number of carbonyl (C=O) groups excluding carboxylic acids is 2. The third kappa shape index (κ3) is 3.77. The highest BCUT2D eigenvalue weighted by Gasteiger charge is 2.66. The van der Waals surface area contributed by atoms with Crippen molar-refractivity contribution in [3.05, 3.63) is 92.9 Å². The third-order valence-corrected chi connectivity index (χ3v) is 8.89. The Morgan fingerprint density at radius 3 is 2.22 bits per heavy atom. The lowest BCUT2D eigenvalue weighted by molar-refractivity contribution is -0.158. The van der Waals surface area contributed by atoms with Crippen LogP contribution in [0, 0.1) is 31.5 Å².